The van der Waals surface area contributed by atoms with E-state index in [0.29, 0.717) is 26.3 Å². The van der Waals surface area contributed by atoms with E-state index in [1.54, 1.807) is 0 Å². The number of carbonyl (C=O) groups excluding carboxylic acids is 1. The molecule has 2 aromatic carbocycles. The van der Waals surface area contributed by atoms with Crippen LogP contribution in [0.1, 0.15) is 48.7 Å². The molecule has 0 aliphatic carbocycles. The summed E-state index contributed by atoms with van der Waals surface area (Å²) in [6.07, 6.45) is 4.89. The maximum atomic E-state index is 12.9. The van der Waals surface area contributed by atoms with E-state index in [9.17, 15) is 4.79 Å². The van der Waals surface area contributed by atoms with Crippen LogP contribution in [-0.4, -0.2) is 85.7 Å². The Morgan fingerprint density at radius 2 is 1.63 bits per heavy atom. The fraction of sp³-hybridized carbons (Fsp3) is 0.500. The van der Waals surface area contributed by atoms with E-state index in [1.165, 1.54) is 29.7 Å². The highest BCUT2D eigenvalue weighted by atomic mass is 16.5. The summed E-state index contributed by atoms with van der Waals surface area (Å²) in [5.74, 6) is 1.10. The topological polar surface area (TPSA) is 51.7 Å². The number of ether oxygens (including phenoxy) is 2. The number of hydrogen-bond donors (Lipinski definition) is 0. The molecule has 8 heteroatoms. The molecule has 3 fully saturated rings. The lowest BCUT2D eigenvalue weighted by Gasteiger charge is -2.48. The first-order valence-electron chi connectivity index (χ1n) is 14.0. The van der Waals surface area contributed by atoms with Gasteiger partial charge in [0.15, 0.2) is 0 Å². The fourth-order valence-electron chi connectivity index (χ4n) is 6.64. The van der Waals surface area contributed by atoms with Gasteiger partial charge in [-0.1, -0.05) is 12.1 Å². The number of rotatable bonds is 3. The minimum Gasteiger partial charge on any atom is -0.483 e. The molecule has 8 nitrogen and oxygen atoms in total. The van der Waals surface area contributed by atoms with Crippen LogP contribution in [0, 0.1) is 0 Å². The summed E-state index contributed by atoms with van der Waals surface area (Å²) < 4.78 is 12.0. The molecule has 1 atom stereocenters. The zero-order valence-electron chi connectivity index (χ0n) is 22.4. The van der Waals surface area contributed by atoms with Crippen molar-refractivity contribution < 1.29 is 14.3 Å². The maximum Gasteiger partial charge on any atom is 0.254 e. The number of carbonyl (C=O) groups is 1. The highest BCUT2D eigenvalue weighted by Gasteiger charge is 2.47. The Bertz CT molecular complexity index is 1250. The highest BCUT2D eigenvalue weighted by Crippen LogP contribution is 2.50. The van der Waals surface area contributed by atoms with Crippen LogP contribution in [0.25, 0.3) is 0 Å². The average molecular weight is 516 g/mol. The zero-order valence-corrected chi connectivity index (χ0v) is 22.4. The number of anilines is 2. The first-order valence-corrected chi connectivity index (χ1v) is 14.0. The summed E-state index contributed by atoms with van der Waals surface area (Å²) in [6.45, 7) is 11.7. The third kappa shape index (κ3) is 4.06. The van der Waals surface area contributed by atoms with Gasteiger partial charge in [0.05, 0.1) is 32.6 Å². The third-order valence-corrected chi connectivity index (χ3v) is 8.73. The van der Waals surface area contributed by atoms with Gasteiger partial charge in [0.25, 0.3) is 5.91 Å². The molecule has 5 aliphatic rings. The smallest absolute Gasteiger partial charge is 0.254 e. The second kappa shape index (κ2) is 9.29. The summed E-state index contributed by atoms with van der Waals surface area (Å²) in [4.78, 5) is 19.6. The Labute approximate surface area is 224 Å². The van der Waals surface area contributed by atoms with Crippen LogP contribution < -0.4 is 14.5 Å². The molecule has 200 valence electrons. The van der Waals surface area contributed by atoms with E-state index in [4.69, 9.17) is 9.47 Å². The molecule has 5 heterocycles. The summed E-state index contributed by atoms with van der Waals surface area (Å²) in [6, 6.07) is 15.1. The lowest BCUT2D eigenvalue weighted by molar-refractivity contribution is -0.0296. The second-order valence-corrected chi connectivity index (χ2v) is 11.5. The van der Waals surface area contributed by atoms with Gasteiger partial charge in [-0.05, 0) is 62.6 Å². The molecular formula is C30H37N5O3. The van der Waals surface area contributed by atoms with E-state index in [1.807, 2.05) is 17.0 Å². The van der Waals surface area contributed by atoms with Gasteiger partial charge in [0.2, 0.25) is 0 Å². The minimum atomic E-state index is -0.359. The number of amides is 1. The van der Waals surface area contributed by atoms with Crippen LogP contribution in [0.15, 0.2) is 54.1 Å². The summed E-state index contributed by atoms with van der Waals surface area (Å²) in [7, 11) is 0. The van der Waals surface area contributed by atoms with Crippen molar-refractivity contribution in [1.82, 2.24) is 14.9 Å². The van der Waals surface area contributed by atoms with E-state index >= 15 is 0 Å². The van der Waals surface area contributed by atoms with E-state index in [0.717, 1.165) is 50.0 Å². The summed E-state index contributed by atoms with van der Waals surface area (Å²) >= 11 is 0. The summed E-state index contributed by atoms with van der Waals surface area (Å²) in [5, 5.41) is 4.93. The first kappa shape index (κ1) is 24.0. The van der Waals surface area contributed by atoms with Crippen LogP contribution in [0.4, 0.5) is 11.4 Å². The number of fused-ring (bicyclic) bond motifs is 5. The molecule has 0 N–H and O–H groups in total. The van der Waals surface area contributed by atoms with Gasteiger partial charge < -0.3 is 24.2 Å². The zero-order chi connectivity index (χ0) is 25.9. The maximum absolute atomic E-state index is 12.9. The van der Waals surface area contributed by atoms with Crippen molar-refractivity contribution in [2.45, 2.75) is 38.3 Å². The molecule has 1 unspecified atom stereocenters. The number of nitrogens with zero attached hydrogens (tertiary/aromatic N) is 5. The number of hydrazine groups is 1. The Kier molecular flexibility index (Phi) is 5.87. The Morgan fingerprint density at radius 3 is 2.39 bits per heavy atom. The SMILES string of the molecule is CC1(C)Oc2cc(N3CCCC3)ccc2C2C1=CCN1CN(c3ccc(C(=O)N4CCOCC4)cc3)CN21. The number of hydrogen-bond acceptors (Lipinski definition) is 7. The van der Waals surface area contributed by atoms with E-state index < -0.39 is 0 Å². The van der Waals surface area contributed by atoms with Crippen LogP contribution in [0.3, 0.4) is 0 Å². The minimum absolute atomic E-state index is 0.0885. The number of benzene rings is 2. The lowest BCUT2D eigenvalue weighted by atomic mass is 9.82. The summed E-state index contributed by atoms with van der Waals surface area (Å²) in [5.41, 5.74) is 5.37. The molecule has 0 radical (unpaired) electrons. The molecule has 0 bridgehead atoms. The van der Waals surface area contributed by atoms with Crippen molar-refractivity contribution in [2.24, 2.45) is 0 Å². The van der Waals surface area contributed by atoms with Gasteiger partial charge in [-0.3, -0.25) is 4.79 Å². The molecule has 7 rings (SSSR count). The molecular weight excluding hydrogens is 478 g/mol. The predicted octanol–water partition coefficient (Wildman–Crippen LogP) is 3.87. The average Bonchev–Trinajstić information content (AvgIpc) is 3.63. The molecule has 0 saturated carbocycles. The van der Waals surface area contributed by atoms with Crippen LogP contribution in [0.5, 0.6) is 5.75 Å². The Morgan fingerprint density at radius 1 is 0.895 bits per heavy atom. The van der Waals surface area contributed by atoms with Gasteiger partial charge in [0.1, 0.15) is 11.4 Å². The fourth-order valence-corrected chi connectivity index (χ4v) is 6.64. The molecule has 5 aliphatic heterocycles. The van der Waals surface area contributed by atoms with Crippen molar-refractivity contribution >= 4 is 17.3 Å². The normalized spacial score (nSPS) is 24.9. The van der Waals surface area contributed by atoms with Gasteiger partial charge in [0, 0.05) is 61.3 Å². The van der Waals surface area contributed by atoms with Crippen LogP contribution in [-0.2, 0) is 4.74 Å². The van der Waals surface area contributed by atoms with Crippen molar-refractivity contribution in [3.63, 3.8) is 0 Å². The molecule has 0 aromatic heterocycles. The van der Waals surface area contributed by atoms with E-state index in [-0.39, 0.29) is 17.6 Å². The molecule has 3 saturated heterocycles. The predicted molar refractivity (Wildman–Crippen MR) is 147 cm³/mol. The molecule has 2 aromatic rings. The molecule has 38 heavy (non-hydrogen) atoms. The largest absolute Gasteiger partial charge is 0.483 e. The Balaban J connectivity index is 1.13. The van der Waals surface area contributed by atoms with Crippen molar-refractivity contribution in [2.75, 3.05) is 69.1 Å². The van der Waals surface area contributed by atoms with Gasteiger partial charge in [-0.25, -0.2) is 10.0 Å². The highest BCUT2D eigenvalue weighted by molar-refractivity contribution is 5.94. The standard InChI is InChI=1S/C30H37N5O3/c1-30(2)26-11-14-34-20-33(23-7-5-22(6-8-23)29(36)32-15-17-37-18-16-32)21-35(34)28(26)25-10-9-24(19-27(25)38-30)31-12-3-4-13-31/h5-11,19,28H,3-4,12-18,20-21H2,1-2H3. The Hall–Kier alpha value is -3.07. The van der Waals surface area contributed by atoms with Gasteiger partial charge in [-0.15, -0.1) is 0 Å². The van der Waals surface area contributed by atoms with Crippen molar-refractivity contribution in [3.8, 4) is 5.75 Å². The van der Waals surface area contributed by atoms with Crippen molar-refractivity contribution in [3.05, 3.63) is 65.2 Å². The third-order valence-electron chi connectivity index (χ3n) is 8.73. The molecule has 0 spiro atoms. The van der Waals surface area contributed by atoms with Crippen LogP contribution >= 0.6 is 0 Å². The quantitative estimate of drug-likeness (QED) is 0.576. The monoisotopic (exact) mass is 515 g/mol. The lowest BCUT2D eigenvalue weighted by Crippen LogP contribution is -2.51. The van der Waals surface area contributed by atoms with E-state index in [2.05, 4.69) is 70.1 Å². The first-order chi connectivity index (χ1) is 18.5. The van der Waals surface area contributed by atoms with Gasteiger partial charge in [-0.2, -0.15) is 0 Å². The van der Waals surface area contributed by atoms with Crippen molar-refractivity contribution in [1.29, 1.82) is 0 Å². The van der Waals surface area contributed by atoms with Gasteiger partial charge >= 0.3 is 0 Å². The molecule has 1 amide bonds. The second-order valence-electron chi connectivity index (χ2n) is 11.5. The number of morpholine rings is 1. The van der Waals surface area contributed by atoms with Crippen LogP contribution in [0.2, 0.25) is 0 Å².